The lowest BCUT2D eigenvalue weighted by Gasteiger charge is -2.39. The van der Waals surface area contributed by atoms with E-state index in [2.05, 4.69) is 0 Å². The number of benzene rings is 1. The Hall–Kier alpha value is -1.78. The fraction of sp³-hybridized carbons (Fsp3) is 0.538. The number of hydrogen-bond acceptors (Lipinski definition) is 8. The maximum atomic E-state index is 10.6. The molecule has 9 nitrogen and oxygen atoms in total. The lowest BCUT2D eigenvalue weighted by Crippen LogP contribution is -2.60. The largest absolute Gasteiger partial charge is 0.462 e. The van der Waals surface area contributed by atoms with Gasteiger partial charge in [-0.2, -0.15) is 0 Å². The van der Waals surface area contributed by atoms with Crippen LogP contribution in [0.1, 0.15) is 0 Å². The summed E-state index contributed by atoms with van der Waals surface area (Å²) in [7, 11) is 1.40. The van der Waals surface area contributed by atoms with E-state index in [-0.39, 0.29) is 18.0 Å². The van der Waals surface area contributed by atoms with Gasteiger partial charge in [0, 0.05) is 19.2 Å². The van der Waals surface area contributed by atoms with Gasteiger partial charge < -0.3 is 29.5 Å². The van der Waals surface area contributed by atoms with E-state index < -0.39 is 35.6 Å². The molecule has 1 heterocycles. The van der Waals surface area contributed by atoms with E-state index in [1.807, 2.05) is 0 Å². The van der Waals surface area contributed by atoms with Gasteiger partial charge >= 0.3 is 0 Å². The van der Waals surface area contributed by atoms with Crippen LogP contribution in [0.3, 0.4) is 0 Å². The number of nitro groups is 1. The topological polar surface area (TPSA) is 132 Å². The first-order valence-corrected chi connectivity index (χ1v) is 6.53. The van der Waals surface area contributed by atoms with Crippen LogP contribution in [0, 0.1) is 10.1 Å². The maximum Gasteiger partial charge on any atom is 0.269 e. The van der Waals surface area contributed by atoms with Crippen molar-refractivity contribution >= 4 is 5.69 Å². The van der Waals surface area contributed by atoms with Crippen LogP contribution in [0.25, 0.3) is 0 Å². The van der Waals surface area contributed by atoms with Crippen molar-refractivity contribution in [1.82, 2.24) is 0 Å². The van der Waals surface area contributed by atoms with Crippen LogP contribution in [0.4, 0.5) is 5.69 Å². The van der Waals surface area contributed by atoms with Crippen molar-refractivity contribution in [2.75, 3.05) is 13.7 Å². The second-order valence-electron chi connectivity index (χ2n) is 4.84. The fourth-order valence-corrected chi connectivity index (χ4v) is 2.10. The smallest absolute Gasteiger partial charge is 0.269 e. The first kappa shape index (κ1) is 16.6. The molecule has 5 atom stereocenters. The summed E-state index contributed by atoms with van der Waals surface area (Å²) in [6.45, 7) is 0.00503. The van der Waals surface area contributed by atoms with Gasteiger partial charge in [0.2, 0.25) is 6.29 Å². The summed E-state index contributed by atoms with van der Waals surface area (Å²) in [5, 5.41) is 40.0. The zero-order chi connectivity index (χ0) is 16.3. The van der Waals surface area contributed by atoms with Crippen LogP contribution in [0.15, 0.2) is 24.3 Å². The van der Waals surface area contributed by atoms with Gasteiger partial charge in [0.05, 0.1) is 11.5 Å². The molecular weight excluding hydrogens is 298 g/mol. The summed E-state index contributed by atoms with van der Waals surface area (Å²) < 4.78 is 15.6. The summed E-state index contributed by atoms with van der Waals surface area (Å²) in [4.78, 5) is 10.0. The highest BCUT2D eigenvalue weighted by atomic mass is 16.7. The van der Waals surface area contributed by atoms with Crippen molar-refractivity contribution in [3.63, 3.8) is 0 Å². The molecule has 0 unspecified atom stereocenters. The predicted octanol–water partition coefficient (Wildman–Crippen LogP) is -0.572. The van der Waals surface area contributed by atoms with Gasteiger partial charge in [0.1, 0.15) is 30.2 Å². The summed E-state index contributed by atoms with van der Waals surface area (Å²) >= 11 is 0. The SMILES string of the molecule is COC[C@H]1O[C@@H](Oc2ccc([N+](=O)[O-])cc2)[C@H](O)[C@@H](O)[C@@H]1O. The van der Waals surface area contributed by atoms with E-state index >= 15 is 0 Å². The molecule has 0 amide bonds. The number of nitrogens with zero attached hydrogens (tertiary/aromatic N) is 1. The molecule has 1 saturated heterocycles. The van der Waals surface area contributed by atoms with E-state index in [1.54, 1.807) is 0 Å². The molecule has 0 radical (unpaired) electrons. The monoisotopic (exact) mass is 315 g/mol. The predicted molar refractivity (Wildman–Crippen MR) is 72.3 cm³/mol. The number of non-ortho nitro benzene ring substituents is 1. The van der Waals surface area contributed by atoms with Gasteiger partial charge in [0.25, 0.3) is 5.69 Å². The first-order valence-electron chi connectivity index (χ1n) is 6.53. The quantitative estimate of drug-likeness (QED) is 0.486. The number of aliphatic hydroxyl groups is 3. The van der Waals surface area contributed by atoms with Crippen molar-refractivity contribution < 1.29 is 34.5 Å². The molecule has 1 aliphatic rings. The molecule has 0 spiro atoms. The molecule has 0 aliphatic carbocycles. The molecule has 1 aromatic rings. The van der Waals surface area contributed by atoms with Gasteiger partial charge in [-0.15, -0.1) is 0 Å². The molecular formula is C13H17NO8. The third-order valence-electron chi connectivity index (χ3n) is 3.30. The number of nitro benzene ring substituents is 1. The molecule has 122 valence electrons. The van der Waals surface area contributed by atoms with Crippen LogP contribution < -0.4 is 4.74 Å². The van der Waals surface area contributed by atoms with Crippen LogP contribution in [-0.4, -0.2) is 64.7 Å². The second-order valence-corrected chi connectivity index (χ2v) is 4.84. The summed E-state index contributed by atoms with van der Waals surface area (Å²) in [6.07, 6.45) is -6.35. The van der Waals surface area contributed by atoms with E-state index in [9.17, 15) is 25.4 Å². The summed E-state index contributed by atoms with van der Waals surface area (Å²) in [5.74, 6) is 0.217. The Kier molecular flexibility index (Phi) is 5.27. The van der Waals surface area contributed by atoms with Gasteiger partial charge in [-0.05, 0) is 12.1 Å². The molecule has 22 heavy (non-hydrogen) atoms. The Morgan fingerprint density at radius 2 is 1.82 bits per heavy atom. The normalized spacial score (nSPS) is 31.7. The molecule has 1 aliphatic heterocycles. The number of hydrogen-bond donors (Lipinski definition) is 3. The van der Waals surface area contributed by atoms with Crippen LogP contribution in [0.2, 0.25) is 0 Å². The average Bonchev–Trinajstić information content (AvgIpc) is 2.50. The highest BCUT2D eigenvalue weighted by Gasteiger charge is 2.44. The van der Waals surface area contributed by atoms with Crippen LogP contribution >= 0.6 is 0 Å². The molecule has 0 bridgehead atoms. The third kappa shape index (κ3) is 3.51. The van der Waals surface area contributed by atoms with E-state index in [0.29, 0.717) is 0 Å². The molecule has 0 saturated carbocycles. The van der Waals surface area contributed by atoms with Gasteiger partial charge in [0.15, 0.2) is 0 Å². The number of rotatable bonds is 5. The number of ether oxygens (including phenoxy) is 3. The minimum atomic E-state index is -1.47. The summed E-state index contributed by atoms with van der Waals surface area (Å²) in [6, 6.07) is 5.17. The third-order valence-corrected chi connectivity index (χ3v) is 3.30. The Labute approximate surface area is 125 Å². The molecule has 9 heteroatoms. The number of methoxy groups -OCH3 is 1. The molecule has 1 aromatic carbocycles. The first-order chi connectivity index (χ1) is 10.4. The summed E-state index contributed by atoms with van der Waals surface area (Å²) in [5.41, 5.74) is -0.106. The van der Waals surface area contributed by atoms with Crippen molar-refractivity contribution in [2.45, 2.75) is 30.7 Å². The average molecular weight is 315 g/mol. The lowest BCUT2D eigenvalue weighted by molar-refractivity contribution is -0.384. The zero-order valence-corrected chi connectivity index (χ0v) is 11.7. The Balaban J connectivity index is 2.08. The maximum absolute atomic E-state index is 10.6. The van der Waals surface area contributed by atoms with Gasteiger partial charge in [-0.3, -0.25) is 10.1 Å². The minimum Gasteiger partial charge on any atom is -0.462 e. The van der Waals surface area contributed by atoms with Crippen LogP contribution in [0.5, 0.6) is 5.75 Å². The van der Waals surface area contributed by atoms with Crippen molar-refractivity contribution in [3.05, 3.63) is 34.4 Å². The molecule has 0 aromatic heterocycles. The van der Waals surface area contributed by atoms with Crippen LogP contribution in [-0.2, 0) is 9.47 Å². The van der Waals surface area contributed by atoms with Gasteiger partial charge in [-0.25, -0.2) is 0 Å². The van der Waals surface area contributed by atoms with Crippen molar-refractivity contribution in [1.29, 1.82) is 0 Å². The zero-order valence-electron chi connectivity index (χ0n) is 11.7. The second kappa shape index (κ2) is 6.99. The molecule has 2 rings (SSSR count). The van der Waals surface area contributed by atoms with Gasteiger partial charge in [-0.1, -0.05) is 0 Å². The molecule has 3 N–H and O–H groups in total. The van der Waals surface area contributed by atoms with Crippen molar-refractivity contribution in [2.24, 2.45) is 0 Å². The highest BCUT2D eigenvalue weighted by molar-refractivity contribution is 5.36. The Morgan fingerprint density at radius 1 is 1.18 bits per heavy atom. The van der Waals surface area contributed by atoms with Crippen molar-refractivity contribution in [3.8, 4) is 5.75 Å². The van der Waals surface area contributed by atoms with E-state index in [4.69, 9.17) is 14.2 Å². The highest BCUT2D eigenvalue weighted by Crippen LogP contribution is 2.25. The standard InChI is InChI=1S/C13H17NO8/c1-20-6-9-10(15)11(16)12(17)13(22-9)21-8-4-2-7(3-5-8)14(18)19/h2-5,9-13,15-17H,6H2,1H3/t9-,10-,11+,12-,13-/m1/s1. The Bertz CT molecular complexity index is 507. The molecule has 1 fully saturated rings. The fourth-order valence-electron chi connectivity index (χ4n) is 2.10. The van der Waals surface area contributed by atoms with E-state index in [0.717, 1.165) is 0 Å². The lowest BCUT2D eigenvalue weighted by atomic mass is 9.99. The minimum absolute atomic E-state index is 0.00503. The number of aliphatic hydroxyl groups excluding tert-OH is 3. The van der Waals surface area contributed by atoms with E-state index in [1.165, 1.54) is 31.4 Å². The Morgan fingerprint density at radius 3 is 2.36 bits per heavy atom.